The van der Waals surface area contributed by atoms with Crippen molar-refractivity contribution in [3.05, 3.63) is 50.2 Å². The van der Waals surface area contributed by atoms with Gasteiger partial charge in [0.2, 0.25) is 0 Å². The quantitative estimate of drug-likeness (QED) is 0.746. The molecule has 1 aromatic carbocycles. The lowest BCUT2D eigenvalue weighted by Gasteiger charge is -2.16. The van der Waals surface area contributed by atoms with E-state index >= 15 is 0 Å². The molecule has 0 aliphatic carbocycles. The van der Waals surface area contributed by atoms with Gasteiger partial charge in [0, 0.05) is 20.9 Å². The highest BCUT2D eigenvalue weighted by Crippen LogP contribution is 2.33. The molecular weight excluding hydrogens is 370 g/mol. The first-order valence-corrected chi connectivity index (χ1v) is 7.88. The number of nitrogens with two attached hydrogens (primary N) is 1. The van der Waals surface area contributed by atoms with Crippen molar-refractivity contribution in [2.45, 2.75) is 20.8 Å². The molecule has 2 aromatic rings. The van der Waals surface area contributed by atoms with Gasteiger partial charge in [-0.15, -0.1) is 0 Å². The minimum atomic E-state index is 0.317. The van der Waals surface area contributed by atoms with Crippen molar-refractivity contribution in [3.8, 4) is 0 Å². The topological polar surface area (TPSA) is 50.9 Å². The average molecular weight is 385 g/mol. The van der Waals surface area contributed by atoms with E-state index in [1.54, 1.807) is 0 Å². The predicted octanol–water partition coefficient (Wildman–Crippen LogP) is 4.80. The number of anilines is 2. The second kappa shape index (κ2) is 6.30. The Morgan fingerprint density at radius 3 is 2.52 bits per heavy atom. The Hall–Kier alpha value is -1.17. The van der Waals surface area contributed by atoms with E-state index in [0.717, 1.165) is 38.4 Å². The highest BCUT2D eigenvalue weighted by molar-refractivity contribution is 9.10. The fourth-order valence-electron chi connectivity index (χ4n) is 2.13. The highest BCUT2D eigenvalue weighted by Gasteiger charge is 2.13. The molecule has 6 heteroatoms. The van der Waals surface area contributed by atoms with Crippen molar-refractivity contribution in [2.75, 3.05) is 5.32 Å². The number of aromatic nitrogens is 1. The van der Waals surface area contributed by atoms with E-state index < -0.39 is 0 Å². The van der Waals surface area contributed by atoms with Gasteiger partial charge in [0.1, 0.15) is 4.99 Å². The Balaban J connectivity index is 2.54. The van der Waals surface area contributed by atoms with Crippen LogP contribution in [0.15, 0.2) is 22.7 Å². The van der Waals surface area contributed by atoms with Crippen molar-refractivity contribution in [1.29, 1.82) is 0 Å². The second-order valence-electron chi connectivity index (χ2n) is 4.84. The molecule has 21 heavy (non-hydrogen) atoms. The van der Waals surface area contributed by atoms with Crippen molar-refractivity contribution >= 4 is 56.1 Å². The molecule has 0 saturated heterocycles. The molecule has 3 nitrogen and oxygen atoms in total. The molecule has 0 fully saturated rings. The summed E-state index contributed by atoms with van der Waals surface area (Å²) < 4.78 is 0.922. The first-order valence-electron chi connectivity index (χ1n) is 6.30. The van der Waals surface area contributed by atoms with Crippen molar-refractivity contribution in [1.82, 2.24) is 4.98 Å². The third kappa shape index (κ3) is 3.54. The molecule has 110 valence electrons. The summed E-state index contributed by atoms with van der Waals surface area (Å²) in [7, 11) is 0. The third-order valence-electron chi connectivity index (χ3n) is 3.09. The first kappa shape index (κ1) is 16.2. The van der Waals surface area contributed by atoms with Crippen LogP contribution in [-0.4, -0.2) is 9.97 Å². The Kier molecular flexibility index (Phi) is 4.86. The monoisotopic (exact) mass is 383 g/mol. The molecule has 0 atom stereocenters. The van der Waals surface area contributed by atoms with Gasteiger partial charge in [-0.3, -0.25) is 4.98 Å². The van der Waals surface area contributed by atoms with E-state index in [1.165, 1.54) is 0 Å². The Bertz CT molecular complexity index is 731. The van der Waals surface area contributed by atoms with Crippen LogP contribution in [0.4, 0.5) is 11.4 Å². The van der Waals surface area contributed by atoms with Gasteiger partial charge < -0.3 is 11.1 Å². The predicted molar refractivity (Wildman–Crippen MR) is 96.8 cm³/mol. The Morgan fingerprint density at radius 2 is 1.90 bits per heavy atom. The summed E-state index contributed by atoms with van der Waals surface area (Å²) in [6.07, 6.45) is 0. The van der Waals surface area contributed by atoms with E-state index in [1.807, 2.05) is 39.0 Å². The van der Waals surface area contributed by atoms with Crippen LogP contribution in [0.2, 0.25) is 5.02 Å². The number of rotatable bonds is 3. The summed E-state index contributed by atoms with van der Waals surface area (Å²) in [5.41, 5.74) is 11.0. The zero-order chi connectivity index (χ0) is 15.7. The van der Waals surface area contributed by atoms with Gasteiger partial charge in [-0.1, -0.05) is 23.8 Å². The average Bonchev–Trinajstić information content (AvgIpc) is 2.34. The van der Waals surface area contributed by atoms with Gasteiger partial charge in [0.05, 0.1) is 16.9 Å². The van der Waals surface area contributed by atoms with Gasteiger partial charge in [-0.25, -0.2) is 0 Å². The minimum absolute atomic E-state index is 0.317. The minimum Gasteiger partial charge on any atom is -0.389 e. The number of halogens is 2. The number of hydrogen-bond donors (Lipinski definition) is 2. The molecule has 0 spiro atoms. The van der Waals surface area contributed by atoms with Crippen LogP contribution in [0.5, 0.6) is 0 Å². The van der Waals surface area contributed by atoms with Gasteiger partial charge in [-0.05, 0) is 60.5 Å². The lowest BCUT2D eigenvalue weighted by molar-refractivity contribution is 1.11. The maximum Gasteiger partial charge on any atom is 0.107 e. The first-order chi connectivity index (χ1) is 9.79. The van der Waals surface area contributed by atoms with Gasteiger partial charge in [0.15, 0.2) is 0 Å². The molecule has 0 saturated carbocycles. The molecule has 0 aliphatic heterocycles. The number of hydrogen-bond acceptors (Lipinski definition) is 3. The zero-order valence-electron chi connectivity index (χ0n) is 11.9. The summed E-state index contributed by atoms with van der Waals surface area (Å²) in [6, 6.07) is 5.75. The van der Waals surface area contributed by atoms with E-state index in [2.05, 4.69) is 26.2 Å². The summed E-state index contributed by atoms with van der Waals surface area (Å²) in [4.78, 5) is 4.72. The standard InChI is InChI=1S/C15H15BrClN3S/c1-7-4-10(16)12(6-11(7)17)20-13-5-8(2)19-9(3)14(13)15(18)21/h4-6H,1-3H3,(H2,18,21)(H,19,20). The summed E-state index contributed by atoms with van der Waals surface area (Å²) in [5.74, 6) is 0. The van der Waals surface area contributed by atoms with Crippen LogP contribution in [0, 0.1) is 20.8 Å². The number of nitrogens with zero attached hydrogens (tertiary/aromatic N) is 1. The molecule has 0 radical (unpaired) electrons. The van der Waals surface area contributed by atoms with Crippen LogP contribution in [0.1, 0.15) is 22.5 Å². The summed E-state index contributed by atoms with van der Waals surface area (Å²) in [6.45, 7) is 5.78. The fourth-order valence-corrected chi connectivity index (χ4v) is 3.10. The van der Waals surface area contributed by atoms with Crippen molar-refractivity contribution in [2.24, 2.45) is 5.73 Å². The maximum atomic E-state index is 6.19. The number of nitrogens with one attached hydrogen (secondary N) is 1. The largest absolute Gasteiger partial charge is 0.389 e. The second-order valence-corrected chi connectivity index (χ2v) is 6.54. The van der Waals surface area contributed by atoms with E-state index in [4.69, 9.17) is 29.6 Å². The molecule has 2 rings (SSSR count). The van der Waals surface area contributed by atoms with Crippen LogP contribution < -0.4 is 11.1 Å². The van der Waals surface area contributed by atoms with Gasteiger partial charge in [-0.2, -0.15) is 0 Å². The Labute approximate surface area is 143 Å². The van der Waals surface area contributed by atoms with E-state index in [0.29, 0.717) is 10.0 Å². The summed E-state index contributed by atoms with van der Waals surface area (Å²) in [5, 5.41) is 4.03. The smallest absolute Gasteiger partial charge is 0.107 e. The van der Waals surface area contributed by atoms with Crippen molar-refractivity contribution in [3.63, 3.8) is 0 Å². The SMILES string of the molecule is Cc1cc(Nc2cc(Cl)c(C)cc2Br)c(C(N)=S)c(C)n1. The lowest BCUT2D eigenvalue weighted by atomic mass is 10.1. The van der Waals surface area contributed by atoms with Crippen molar-refractivity contribution < 1.29 is 0 Å². The zero-order valence-corrected chi connectivity index (χ0v) is 15.1. The van der Waals surface area contributed by atoms with Crippen LogP contribution in [-0.2, 0) is 0 Å². The van der Waals surface area contributed by atoms with Crippen LogP contribution >= 0.6 is 39.7 Å². The number of benzene rings is 1. The normalized spacial score (nSPS) is 10.5. The summed E-state index contributed by atoms with van der Waals surface area (Å²) >= 11 is 14.9. The molecule has 1 heterocycles. The number of thiocarbonyl (C=S) groups is 1. The highest BCUT2D eigenvalue weighted by atomic mass is 79.9. The molecule has 0 aliphatic rings. The number of pyridine rings is 1. The molecule has 0 bridgehead atoms. The van der Waals surface area contributed by atoms with E-state index in [-0.39, 0.29) is 0 Å². The maximum absolute atomic E-state index is 6.19. The molecule has 0 amide bonds. The lowest BCUT2D eigenvalue weighted by Crippen LogP contribution is -2.15. The molecular formula is C15H15BrClN3S. The number of aryl methyl sites for hydroxylation is 3. The third-order valence-corrected chi connectivity index (χ3v) is 4.36. The van der Waals surface area contributed by atoms with E-state index in [9.17, 15) is 0 Å². The van der Waals surface area contributed by atoms with Gasteiger partial charge in [0.25, 0.3) is 0 Å². The molecule has 1 aromatic heterocycles. The fraction of sp³-hybridized carbons (Fsp3) is 0.200. The van der Waals surface area contributed by atoms with Crippen LogP contribution in [0.3, 0.4) is 0 Å². The Morgan fingerprint density at radius 1 is 1.24 bits per heavy atom. The molecule has 3 N–H and O–H groups in total. The molecule has 0 unspecified atom stereocenters. The van der Waals surface area contributed by atoms with Crippen LogP contribution in [0.25, 0.3) is 0 Å². The van der Waals surface area contributed by atoms with Gasteiger partial charge >= 0.3 is 0 Å².